The number of halogens is 2. The molecule has 0 aliphatic rings. The first kappa shape index (κ1) is 11.3. The molecule has 2 nitrogen and oxygen atoms in total. The summed E-state index contributed by atoms with van der Waals surface area (Å²) in [6.07, 6.45) is 0. The summed E-state index contributed by atoms with van der Waals surface area (Å²) in [4.78, 5) is 11.4. The van der Waals surface area contributed by atoms with Gasteiger partial charge in [0, 0.05) is 0 Å². The topological polar surface area (TPSA) is 26.3 Å². The van der Waals surface area contributed by atoms with Crippen molar-refractivity contribution in [1.82, 2.24) is 0 Å². The van der Waals surface area contributed by atoms with E-state index in [1.807, 2.05) is 6.92 Å². The van der Waals surface area contributed by atoms with Crippen molar-refractivity contribution >= 4 is 29.2 Å². The standard InChI is InChI=1S/C10H10Cl2O2/c1-3-14-10(13)9-7(11)4-6(2)5-8(9)12/h4-5H,3H2,1-2H3. The van der Waals surface area contributed by atoms with Crippen LogP contribution in [-0.2, 0) is 4.74 Å². The van der Waals surface area contributed by atoms with Gasteiger partial charge in [-0.3, -0.25) is 0 Å². The molecule has 1 rings (SSSR count). The highest BCUT2D eigenvalue weighted by Gasteiger charge is 2.15. The Balaban J connectivity index is 3.14. The second kappa shape index (κ2) is 4.67. The van der Waals surface area contributed by atoms with Gasteiger partial charge in [0.1, 0.15) is 0 Å². The molecule has 0 saturated heterocycles. The van der Waals surface area contributed by atoms with Crippen LogP contribution >= 0.6 is 23.2 Å². The first-order chi connectivity index (χ1) is 6.56. The number of hydrogen-bond donors (Lipinski definition) is 0. The van der Waals surface area contributed by atoms with Crippen LogP contribution in [0.1, 0.15) is 22.8 Å². The minimum Gasteiger partial charge on any atom is -0.462 e. The molecule has 14 heavy (non-hydrogen) atoms. The van der Waals surface area contributed by atoms with E-state index in [9.17, 15) is 4.79 Å². The predicted octanol–water partition coefficient (Wildman–Crippen LogP) is 3.48. The normalized spacial score (nSPS) is 10.0. The number of esters is 1. The van der Waals surface area contributed by atoms with Gasteiger partial charge in [0.2, 0.25) is 0 Å². The van der Waals surface area contributed by atoms with Crippen LogP contribution in [0.15, 0.2) is 12.1 Å². The van der Waals surface area contributed by atoms with E-state index >= 15 is 0 Å². The highest BCUT2D eigenvalue weighted by Crippen LogP contribution is 2.26. The Morgan fingerprint density at radius 2 is 1.86 bits per heavy atom. The van der Waals surface area contributed by atoms with E-state index in [4.69, 9.17) is 27.9 Å². The van der Waals surface area contributed by atoms with Gasteiger partial charge in [-0.05, 0) is 31.5 Å². The van der Waals surface area contributed by atoms with Crippen molar-refractivity contribution in [2.45, 2.75) is 13.8 Å². The molecule has 0 heterocycles. The Kier molecular flexibility index (Phi) is 3.78. The van der Waals surface area contributed by atoms with Crippen LogP contribution in [0.5, 0.6) is 0 Å². The fourth-order valence-corrected chi connectivity index (χ4v) is 1.85. The molecule has 0 unspecified atom stereocenters. The van der Waals surface area contributed by atoms with Gasteiger partial charge in [-0.2, -0.15) is 0 Å². The second-order valence-electron chi connectivity index (χ2n) is 2.82. The molecule has 1 aromatic rings. The van der Waals surface area contributed by atoms with E-state index in [0.29, 0.717) is 16.7 Å². The van der Waals surface area contributed by atoms with Crippen molar-refractivity contribution in [1.29, 1.82) is 0 Å². The fraction of sp³-hybridized carbons (Fsp3) is 0.300. The fourth-order valence-electron chi connectivity index (χ4n) is 1.10. The van der Waals surface area contributed by atoms with Gasteiger partial charge < -0.3 is 4.74 Å². The van der Waals surface area contributed by atoms with E-state index < -0.39 is 5.97 Å². The molecule has 0 fully saturated rings. The summed E-state index contributed by atoms with van der Waals surface area (Å²) in [5.41, 5.74) is 1.15. The zero-order valence-corrected chi connectivity index (χ0v) is 9.45. The highest BCUT2D eigenvalue weighted by atomic mass is 35.5. The van der Waals surface area contributed by atoms with Gasteiger partial charge in [0.05, 0.1) is 22.2 Å². The molecule has 0 atom stereocenters. The average molecular weight is 233 g/mol. The van der Waals surface area contributed by atoms with Crippen LogP contribution in [0.2, 0.25) is 10.0 Å². The van der Waals surface area contributed by atoms with Gasteiger partial charge in [0.15, 0.2) is 0 Å². The van der Waals surface area contributed by atoms with E-state index in [1.54, 1.807) is 19.1 Å². The van der Waals surface area contributed by atoms with Crippen molar-refractivity contribution in [2.75, 3.05) is 6.61 Å². The van der Waals surface area contributed by atoms with Crippen LogP contribution < -0.4 is 0 Å². The third-order valence-corrected chi connectivity index (χ3v) is 2.26. The molecule has 0 radical (unpaired) electrons. The lowest BCUT2D eigenvalue weighted by Gasteiger charge is -2.06. The molecule has 0 bridgehead atoms. The molecule has 0 amide bonds. The highest BCUT2D eigenvalue weighted by molar-refractivity contribution is 6.39. The summed E-state index contributed by atoms with van der Waals surface area (Å²) in [7, 11) is 0. The summed E-state index contributed by atoms with van der Waals surface area (Å²) < 4.78 is 4.82. The van der Waals surface area contributed by atoms with Gasteiger partial charge in [0.25, 0.3) is 0 Å². The van der Waals surface area contributed by atoms with E-state index in [-0.39, 0.29) is 5.56 Å². The summed E-state index contributed by atoms with van der Waals surface area (Å²) in [5, 5.41) is 0.655. The maximum Gasteiger partial charge on any atom is 0.341 e. The van der Waals surface area contributed by atoms with Gasteiger partial charge in [-0.25, -0.2) is 4.79 Å². The Bertz CT molecular complexity index is 338. The molecular formula is C10H10Cl2O2. The summed E-state index contributed by atoms with van der Waals surface area (Å²) >= 11 is 11.8. The Morgan fingerprint density at radius 1 is 1.36 bits per heavy atom. The zero-order chi connectivity index (χ0) is 10.7. The lowest BCUT2D eigenvalue weighted by atomic mass is 10.1. The minimum atomic E-state index is -0.484. The van der Waals surface area contributed by atoms with Crippen molar-refractivity contribution in [2.24, 2.45) is 0 Å². The predicted molar refractivity (Wildman–Crippen MR) is 57.2 cm³/mol. The van der Waals surface area contributed by atoms with E-state index in [2.05, 4.69) is 0 Å². The molecule has 1 aromatic carbocycles. The number of hydrogen-bond acceptors (Lipinski definition) is 2. The van der Waals surface area contributed by atoms with Crippen LogP contribution in [0, 0.1) is 6.92 Å². The number of rotatable bonds is 2. The van der Waals surface area contributed by atoms with E-state index in [0.717, 1.165) is 5.56 Å². The average Bonchev–Trinajstić information content (AvgIpc) is 2.01. The number of ether oxygens (including phenoxy) is 1. The largest absolute Gasteiger partial charge is 0.462 e. The smallest absolute Gasteiger partial charge is 0.341 e. The minimum absolute atomic E-state index is 0.237. The lowest BCUT2D eigenvalue weighted by molar-refractivity contribution is 0.0527. The number of aryl methyl sites for hydroxylation is 1. The molecule has 0 aromatic heterocycles. The van der Waals surface area contributed by atoms with Crippen molar-refractivity contribution in [3.63, 3.8) is 0 Å². The van der Waals surface area contributed by atoms with Gasteiger partial charge >= 0.3 is 5.97 Å². The maximum atomic E-state index is 11.4. The third-order valence-electron chi connectivity index (χ3n) is 1.67. The van der Waals surface area contributed by atoms with Crippen molar-refractivity contribution < 1.29 is 9.53 Å². The molecule has 76 valence electrons. The quantitative estimate of drug-likeness (QED) is 0.731. The monoisotopic (exact) mass is 232 g/mol. The summed E-state index contributed by atoms with van der Waals surface area (Å²) in [6, 6.07) is 3.36. The lowest BCUT2D eigenvalue weighted by Crippen LogP contribution is -2.06. The zero-order valence-electron chi connectivity index (χ0n) is 7.93. The molecule has 0 spiro atoms. The van der Waals surface area contributed by atoms with E-state index in [1.165, 1.54) is 0 Å². The van der Waals surface area contributed by atoms with Crippen LogP contribution in [-0.4, -0.2) is 12.6 Å². The third kappa shape index (κ3) is 2.40. The SMILES string of the molecule is CCOC(=O)c1c(Cl)cc(C)cc1Cl. The second-order valence-corrected chi connectivity index (χ2v) is 3.64. The number of carbonyl (C=O) groups is 1. The summed E-state index contributed by atoms with van der Waals surface area (Å²) in [5.74, 6) is -0.484. The molecule has 4 heteroatoms. The molecule has 0 aliphatic carbocycles. The molecule has 0 N–H and O–H groups in total. The van der Waals surface area contributed by atoms with Crippen molar-refractivity contribution in [3.05, 3.63) is 33.3 Å². The number of carbonyl (C=O) groups excluding carboxylic acids is 1. The number of benzene rings is 1. The Hall–Kier alpha value is -0.730. The Morgan fingerprint density at radius 3 is 2.29 bits per heavy atom. The van der Waals surface area contributed by atoms with Crippen LogP contribution in [0.4, 0.5) is 0 Å². The van der Waals surface area contributed by atoms with Crippen molar-refractivity contribution in [3.8, 4) is 0 Å². The first-order valence-corrected chi connectivity index (χ1v) is 4.94. The van der Waals surface area contributed by atoms with Gasteiger partial charge in [-0.1, -0.05) is 23.2 Å². The van der Waals surface area contributed by atoms with Crippen LogP contribution in [0.3, 0.4) is 0 Å². The first-order valence-electron chi connectivity index (χ1n) is 4.19. The summed E-state index contributed by atoms with van der Waals surface area (Å²) in [6.45, 7) is 3.89. The van der Waals surface area contributed by atoms with Gasteiger partial charge in [-0.15, -0.1) is 0 Å². The molecule has 0 saturated carbocycles. The molecular weight excluding hydrogens is 223 g/mol. The van der Waals surface area contributed by atoms with Crippen LogP contribution in [0.25, 0.3) is 0 Å². The maximum absolute atomic E-state index is 11.4. The molecule has 0 aliphatic heterocycles. The Labute approximate surface area is 92.8 Å².